The van der Waals surface area contributed by atoms with E-state index in [4.69, 9.17) is 14.2 Å². The Hall–Kier alpha value is -2.42. The summed E-state index contributed by atoms with van der Waals surface area (Å²) in [5.74, 6) is 0.816. The molecule has 2 aromatic heterocycles. The monoisotopic (exact) mass is 654 g/mol. The van der Waals surface area contributed by atoms with Crippen molar-refractivity contribution in [3.8, 4) is 6.01 Å². The lowest BCUT2D eigenvalue weighted by molar-refractivity contribution is -0.697. The molecule has 0 spiro atoms. The molecule has 0 radical (unpaired) electrons. The van der Waals surface area contributed by atoms with E-state index in [-0.39, 0.29) is 6.10 Å². The molecule has 1 aromatic carbocycles. The van der Waals surface area contributed by atoms with Crippen molar-refractivity contribution in [1.82, 2.24) is 9.97 Å². The van der Waals surface area contributed by atoms with E-state index in [0.29, 0.717) is 43.9 Å². The van der Waals surface area contributed by atoms with Crippen molar-refractivity contribution in [3.63, 3.8) is 0 Å². The summed E-state index contributed by atoms with van der Waals surface area (Å²) in [7, 11) is -1.10. The standard InChI is InChI=1S/C38H60N3O4S/c1-2-3-4-5-6-7-8-9-10-11-12-13-14-15-16-19-28-44-33-37(45-38-39-24-20-25-40-38)34-46(42)31-30-43-29-27-41-26-23-35-21-17-18-22-36(35)32-41/h17-18,20-26,32,37H,2-16,19,27-31,33-34H2,1H3/q+1. The minimum atomic E-state index is -1.10. The van der Waals surface area contributed by atoms with Crippen LogP contribution in [0.15, 0.2) is 61.2 Å². The molecule has 3 aromatic rings. The molecule has 0 aliphatic carbocycles. The van der Waals surface area contributed by atoms with Crippen molar-refractivity contribution in [3.05, 3.63) is 61.2 Å². The van der Waals surface area contributed by atoms with Gasteiger partial charge in [0.05, 0.1) is 19.0 Å². The summed E-state index contributed by atoms with van der Waals surface area (Å²) in [5.41, 5.74) is 0. The number of aromatic nitrogens is 3. The lowest BCUT2D eigenvalue weighted by Crippen LogP contribution is -2.35. The highest BCUT2D eigenvalue weighted by Gasteiger charge is 2.17. The third kappa shape index (κ3) is 18.1. The fourth-order valence-electron chi connectivity index (χ4n) is 5.61. The Balaban J connectivity index is 1.19. The van der Waals surface area contributed by atoms with Crippen molar-refractivity contribution in [2.24, 2.45) is 0 Å². The number of nitrogens with zero attached hydrogens (tertiary/aromatic N) is 3. The van der Waals surface area contributed by atoms with Crippen LogP contribution in [0.5, 0.6) is 6.01 Å². The minimum absolute atomic E-state index is 0.291. The van der Waals surface area contributed by atoms with E-state index in [1.165, 1.54) is 107 Å². The molecule has 0 saturated heterocycles. The lowest BCUT2D eigenvalue weighted by atomic mass is 10.0. The molecule has 2 atom stereocenters. The highest BCUT2D eigenvalue weighted by molar-refractivity contribution is 7.85. The van der Waals surface area contributed by atoms with Crippen molar-refractivity contribution in [1.29, 1.82) is 0 Å². The number of unbranched alkanes of at least 4 members (excludes halogenated alkanes) is 15. The molecular formula is C38H60N3O4S+. The molecule has 2 heterocycles. The Morgan fingerprint density at radius 2 is 1.30 bits per heavy atom. The number of rotatable bonds is 29. The van der Waals surface area contributed by atoms with Crippen molar-refractivity contribution in [2.75, 3.05) is 37.9 Å². The largest absolute Gasteiger partial charge is 0.457 e. The van der Waals surface area contributed by atoms with Gasteiger partial charge in [-0.05, 0) is 23.9 Å². The Bertz CT molecular complexity index is 1180. The van der Waals surface area contributed by atoms with E-state index in [1.807, 2.05) is 12.1 Å². The molecule has 46 heavy (non-hydrogen) atoms. The zero-order chi connectivity index (χ0) is 32.3. The van der Waals surface area contributed by atoms with Crippen LogP contribution in [0.3, 0.4) is 0 Å². The van der Waals surface area contributed by atoms with Crippen LogP contribution >= 0.6 is 0 Å². The second kappa shape index (κ2) is 25.6. The van der Waals surface area contributed by atoms with E-state index >= 15 is 0 Å². The van der Waals surface area contributed by atoms with Gasteiger partial charge in [0, 0.05) is 47.0 Å². The topological polar surface area (TPSA) is 74.4 Å². The normalized spacial score (nSPS) is 12.8. The number of benzene rings is 1. The highest BCUT2D eigenvalue weighted by atomic mass is 32.2. The predicted molar refractivity (Wildman–Crippen MR) is 190 cm³/mol. The number of hydrogen-bond acceptors (Lipinski definition) is 6. The second-order valence-electron chi connectivity index (χ2n) is 12.4. The lowest BCUT2D eigenvalue weighted by Gasteiger charge is -2.17. The molecule has 0 fully saturated rings. The van der Waals surface area contributed by atoms with E-state index in [2.05, 4.69) is 52.1 Å². The van der Waals surface area contributed by atoms with Crippen LogP contribution in [0.4, 0.5) is 0 Å². The van der Waals surface area contributed by atoms with Gasteiger partial charge >= 0.3 is 6.01 Å². The van der Waals surface area contributed by atoms with Gasteiger partial charge in [0.25, 0.3) is 0 Å². The molecule has 0 saturated carbocycles. The Morgan fingerprint density at radius 1 is 0.696 bits per heavy atom. The average Bonchev–Trinajstić information content (AvgIpc) is 3.08. The molecule has 3 rings (SSSR count). The quantitative estimate of drug-likeness (QED) is 0.0553. The van der Waals surface area contributed by atoms with Crippen LogP contribution in [0, 0.1) is 0 Å². The molecule has 0 aliphatic heterocycles. The zero-order valence-electron chi connectivity index (χ0n) is 28.5. The molecule has 8 heteroatoms. The summed E-state index contributed by atoms with van der Waals surface area (Å²) in [6.45, 7) is 5.11. The van der Waals surface area contributed by atoms with Crippen molar-refractivity contribution in [2.45, 2.75) is 122 Å². The van der Waals surface area contributed by atoms with Gasteiger partial charge in [-0.25, -0.2) is 14.5 Å². The van der Waals surface area contributed by atoms with Crippen LogP contribution < -0.4 is 9.30 Å². The number of ether oxygens (including phenoxy) is 3. The first-order valence-electron chi connectivity index (χ1n) is 18.1. The van der Waals surface area contributed by atoms with Crippen molar-refractivity contribution < 1.29 is 23.0 Å². The zero-order valence-corrected chi connectivity index (χ0v) is 29.3. The van der Waals surface area contributed by atoms with Gasteiger partial charge in [-0.2, -0.15) is 0 Å². The van der Waals surface area contributed by atoms with Crippen LogP contribution in [0.1, 0.15) is 110 Å². The first kappa shape index (κ1) is 38.0. The van der Waals surface area contributed by atoms with Gasteiger partial charge in [0.2, 0.25) is 0 Å². The van der Waals surface area contributed by atoms with Crippen molar-refractivity contribution >= 4 is 21.6 Å². The van der Waals surface area contributed by atoms with Gasteiger partial charge in [-0.15, -0.1) is 0 Å². The van der Waals surface area contributed by atoms with Gasteiger partial charge < -0.3 is 14.2 Å². The van der Waals surface area contributed by atoms with Gasteiger partial charge in [0.15, 0.2) is 18.9 Å². The molecule has 0 amide bonds. The maximum absolute atomic E-state index is 12.9. The molecule has 0 aliphatic rings. The molecule has 2 unspecified atom stereocenters. The van der Waals surface area contributed by atoms with E-state index in [1.54, 1.807) is 18.5 Å². The second-order valence-corrected chi connectivity index (χ2v) is 14.0. The number of fused-ring (bicyclic) bond motifs is 1. The number of pyridine rings is 1. The summed E-state index contributed by atoms with van der Waals surface area (Å²) in [5, 5.41) is 2.43. The minimum Gasteiger partial charge on any atom is -0.457 e. The van der Waals surface area contributed by atoms with Crippen LogP contribution in [0.25, 0.3) is 10.8 Å². The fourth-order valence-corrected chi connectivity index (χ4v) is 6.66. The molecule has 0 bridgehead atoms. The van der Waals surface area contributed by atoms with Crippen LogP contribution in [-0.4, -0.2) is 58.2 Å². The maximum atomic E-state index is 12.9. The summed E-state index contributed by atoms with van der Waals surface area (Å²) < 4.78 is 32.7. The molecule has 0 N–H and O–H groups in total. The van der Waals surface area contributed by atoms with E-state index in [9.17, 15) is 4.21 Å². The molecular weight excluding hydrogens is 595 g/mol. The van der Waals surface area contributed by atoms with E-state index in [0.717, 1.165) is 13.0 Å². The number of hydrogen-bond donors (Lipinski definition) is 0. The highest BCUT2D eigenvalue weighted by Crippen LogP contribution is 2.14. The fraction of sp³-hybridized carbons (Fsp3) is 0.658. The van der Waals surface area contributed by atoms with Gasteiger partial charge in [0.1, 0.15) is 12.7 Å². The Kier molecular flexibility index (Phi) is 21.2. The Labute approximate surface area is 281 Å². The first-order chi connectivity index (χ1) is 22.7. The van der Waals surface area contributed by atoms with Crippen LogP contribution in [-0.2, 0) is 26.8 Å². The van der Waals surface area contributed by atoms with Gasteiger partial charge in [-0.1, -0.05) is 121 Å². The maximum Gasteiger partial charge on any atom is 0.316 e. The summed E-state index contributed by atoms with van der Waals surface area (Å²) in [6, 6.07) is 12.5. The average molecular weight is 655 g/mol. The smallest absolute Gasteiger partial charge is 0.316 e. The van der Waals surface area contributed by atoms with Gasteiger partial charge in [-0.3, -0.25) is 4.21 Å². The van der Waals surface area contributed by atoms with E-state index < -0.39 is 10.8 Å². The van der Waals surface area contributed by atoms with Crippen LogP contribution in [0.2, 0.25) is 0 Å². The third-order valence-corrected chi connectivity index (χ3v) is 9.69. The third-order valence-electron chi connectivity index (χ3n) is 8.33. The summed E-state index contributed by atoms with van der Waals surface area (Å²) in [4.78, 5) is 8.35. The summed E-state index contributed by atoms with van der Waals surface area (Å²) >= 11 is 0. The molecule has 256 valence electrons. The first-order valence-corrected chi connectivity index (χ1v) is 19.6. The SMILES string of the molecule is CCCCCCCCCCCCCCCCCCOCC(CS(=O)CCOCC[n+]1ccc2ccccc2c1)Oc1ncccn1. The predicted octanol–water partition coefficient (Wildman–Crippen LogP) is 8.41. The Morgan fingerprint density at radius 3 is 1.96 bits per heavy atom. The summed E-state index contributed by atoms with van der Waals surface area (Å²) in [6.07, 6.45) is 28.8. The molecule has 7 nitrogen and oxygen atoms in total.